The van der Waals surface area contributed by atoms with Gasteiger partial charge in [0.05, 0.1) is 11.5 Å². The fraction of sp³-hybridized carbons (Fsp3) is 0.316. The van der Waals surface area contributed by atoms with Crippen LogP contribution in [0.5, 0.6) is 0 Å². The van der Waals surface area contributed by atoms with Crippen molar-refractivity contribution in [3.8, 4) is 0 Å². The van der Waals surface area contributed by atoms with Gasteiger partial charge in [0.15, 0.2) is 5.96 Å². The Morgan fingerprint density at radius 1 is 1.07 bits per heavy atom. The molecule has 2 aromatic rings. The zero-order valence-electron chi connectivity index (χ0n) is 15.5. The van der Waals surface area contributed by atoms with E-state index in [2.05, 4.69) is 53.1 Å². The molecule has 2 rings (SSSR count). The molecule has 0 bridgehead atoms. The molecule has 0 radical (unpaired) electrons. The van der Waals surface area contributed by atoms with E-state index in [0.717, 1.165) is 29.4 Å². The third-order valence-corrected chi connectivity index (χ3v) is 4.36. The average molecular weight is 500 g/mol. The predicted octanol–water partition coefficient (Wildman–Crippen LogP) is 4.12. The van der Waals surface area contributed by atoms with Gasteiger partial charge in [-0.2, -0.15) is 11.8 Å². The molecular formula is C19H25IN4O2S. The van der Waals surface area contributed by atoms with Crippen LogP contribution < -0.4 is 10.6 Å². The maximum atomic E-state index is 10.7. The first kappa shape index (κ1) is 23.2. The van der Waals surface area contributed by atoms with Gasteiger partial charge in [-0.25, -0.2) is 4.99 Å². The number of nitro benzene ring substituents is 1. The highest BCUT2D eigenvalue weighted by Crippen LogP contribution is 2.11. The van der Waals surface area contributed by atoms with Gasteiger partial charge in [-0.1, -0.05) is 42.0 Å². The lowest BCUT2D eigenvalue weighted by molar-refractivity contribution is -0.384. The van der Waals surface area contributed by atoms with E-state index in [1.807, 2.05) is 0 Å². The van der Waals surface area contributed by atoms with Gasteiger partial charge in [0.1, 0.15) is 0 Å². The van der Waals surface area contributed by atoms with Crippen molar-refractivity contribution in [3.05, 3.63) is 75.3 Å². The number of benzene rings is 2. The Labute approximate surface area is 181 Å². The lowest BCUT2D eigenvalue weighted by atomic mass is 10.1. The van der Waals surface area contributed by atoms with Gasteiger partial charge < -0.3 is 10.6 Å². The maximum absolute atomic E-state index is 10.7. The standard InChI is InChI=1S/C19H24N4O2S.HI/c1-15-3-5-16(6-4-15)13-21-19(20-11-12-26-2)22-14-17-7-9-18(10-8-17)23(24)25;/h3-10H,11-14H2,1-2H3,(H2,20,21,22);1H. The molecule has 0 heterocycles. The quantitative estimate of drug-likeness (QED) is 0.142. The third-order valence-electron chi connectivity index (χ3n) is 3.75. The topological polar surface area (TPSA) is 79.6 Å². The number of halogens is 1. The minimum absolute atomic E-state index is 0. The molecule has 0 atom stereocenters. The molecule has 2 N–H and O–H groups in total. The number of nitro groups is 1. The second kappa shape index (κ2) is 12.6. The summed E-state index contributed by atoms with van der Waals surface area (Å²) in [4.78, 5) is 15.0. The molecule has 0 amide bonds. The van der Waals surface area contributed by atoms with Crippen LogP contribution in [0.2, 0.25) is 0 Å². The van der Waals surface area contributed by atoms with E-state index in [4.69, 9.17) is 0 Å². The van der Waals surface area contributed by atoms with E-state index in [0.29, 0.717) is 13.1 Å². The number of nitrogens with one attached hydrogen (secondary N) is 2. The minimum Gasteiger partial charge on any atom is -0.356 e. The van der Waals surface area contributed by atoms with Crippen molar-refractivity contribution < 1.29 is 4.92 Å². The molecule has 0 spiro atoms. The van der Waals surface area contributed by atoms with Crippen molar-refractivity contribution in [2.45, 2.75) is 20.0 Å². The molecule has 27 heavy (non-hydrogen) atoms. The first-order chi connectivity index (χ1) is 12.6. The highest BCUT2D eigenvalue weighted by molar-refractivity contribution is 14.0. The highest BCUT2D eigenvalue weighted by atomic mass is 127. The molecule has 6 nitrogen and oxygen atoms in total. The van der Waals surface area contributed by atoms with Gasteiger partial charge in [-0.15, -0.1) is 24.0 Å². The van der Waals surface area contributed by atoms with Crippen LogP contribution >= 0.6 is 35.7 Å². The Bertz CT molecular complexity index is 736. The van der Waals surface area contributed by atoms with Crippen molar-refractivity contribution in [3.63, 3.8) is 0 Å². The second-order valence-electron chi connectivity index (χ2n) is 5.85. The molecule has 0 aromatic heterocycles. The normalized spacial score (nSPS) is 10.8. The summed E-state index contributed by atoms with van der Waals surface area (Å²) in [5.74, 6) is 1.72. The van der Waals surface area contributed by atoms with Crippen molar-refractivity contribution >= 4 is 47.4 Å². The Balaban J connectivity index is 0.00000364. The van der Waals surface area contributed by atoms with Crippen LogP contribution in [-0.2, 0) is 13.1 Å². The average Bonchev–Trinajstić information content (AvgIpc) is 2.65. The molecular weight excluding hydrogens is 475 g/mol. The van der Waals surface area contributed by atoms with E-state index in [9.17, 15) is 10.1 Å². The highest BCUT2D eigenvalue weighted by Gasteiger charge is 2.05. The third kappa shape index (κ3) is 8.61. The number of aryl methyl sites for hydroxylation is 1. The zero-order valence-corrected chi connectivity index (χ0v) is 18.6. The fourth-order valence-corrected chi connectivity index (χ4v) is 2.54. The number of nitrogens with zero attached hydrogens (tertiary/aromatic N) is 2. The fourth-order valence-electron chi connectivity index (χ4n) is 2.23. The first-order valence-corrected chi connectivity index (χ1v) is 9.78. The molecule has 0 aliphatic rings. The second-order valence-corrected chi connectivity index (χ2v) is 6.83. The number of hydrogen-bond donors (Lipinski definition) is 2. The van der Waals surface area contributed by atoms with Gasteiger partial charge in [0.2, 0.25) is 0 Å². The van der Waals surface area contributed by atoms with Gasteiger partial charge in [-0.05, 0) is 24.3 Å². The van der Waals surface area contributed by atoms with Crippen molar-refractivity contribution in [2.24, 2.45) is 4.99 Å². The van der Waals surface area contributed by atoms with Gasteiger partial charge in [0, 0.05) is 31.0 Å². The van der Waals surface area contributed by atoms with Crippen LogP contribution in [-0.4, -0.2) is 29.4 Å². The Morgan fingerprint density at radius 2 is 1.70 bits per heavy atom. The van der Waals surface area contributed by atoms with Crippen molar-refractivity contribution in [1.82, 2.24) is 10.6 Å². The van der Waals surface area contributed by atoms with Crippen molar-refractivity contribution in [2.75, 3.05) is 18.6 Å². The summed E-state index contributed by atoms with van der Waals surface area (Å²) < 4.78 is 0. The molecule has 0 aliphatic carbocycles. The molecule has 146 valence electrons. The summed E-state index contributed by atoms with van der Waals surface area (Å²) in [5, 5.41) is 17.3. The number of thioether (sulfide) groups is 1. The number of rotatable bonds is 8. The molecule has 0 saturated heterocycles. The van der Waals surface area contributed by atoms with Crippen LogP contribution in [0.1, 0.15) is 16.7 Å². The molecule has 0 saturated carbocycles. The van der Waals surface area contributed by atoms with Crippen LogP contribution in [0.15, 0.2) is 53.5 Å². The lowest BCUT2D eigenvalue weighted by Crippen LogP contribution is -2.38. The summed E-state index contributed by atoms with van der Waals surface area (Å²) in [6.07, 6.45) is 2.06. The zero-order chi connectivity index (χ0) is 18.8. The van der Waals surface area contributed by atoms with Gasteiger partial charge in [0.25, 0.3) is 5.69 Å². The summed E-state index contributed by atoms with van der Waals surface area (Å²) in [6, 6.07) is 14.9. The van der Waals surface area contributed by atoms with E-state index in [-0.39, 0.29) is 29.7 Å². The number of hydrogen-bond acceptors (Lipinski definition) is 4. The molecule has 0 aliphatic heterocycles. The maximum Gasteiger partial charge on any atom is 0.269 e. The van der Waals surface area contributed by atoms with E-state index < -0.39 is 4.92 Å². The largest absolute Gasteiger partial charge is 0.356 e. The van der Waals surface area contributed by atoms with Crippen LogP contribution in [0, 0.1) is 17.0 Å². The summed E-state index contributed by atoms with van der Waals surface area (Å²) in [6.45, 7) is 4.03. The molecule has 2 aromatic carbocycles. The van der Waals surface area contributed by atoms with E-state index in [1.165, 1.54) is 17.7 Å². The Morgan fingerprint density at radius 3 is 2.30 bits per heavy atom. The van der Waals surface area contributed by atoms with E-state index in [1.54, 1.807) is 23.9 Å². The number of guanidine groups is 1. The monoisotopic (exact) mass is 500 g/mol. The molecule has 0 unspecified atom stereocenters. The smallest absolute Gasteiger partial charge is 0.269 e. The first-order valence-electron chi connectivity index (χ1n) is 8.38. The SMILES string of the molecule is CSCCNC(=NCc1ccc(C)cc1)NCc1ccc([N+](=O)[O-])cc1.I. The predicted molar refractivity (Wildman–Crippen MR) is 124 cm³/mol. The lowest BCUT2D eigenvalue weighted by Gasteiger charge is -2.12. The summed E-state index contributed by atoms with van der Waals surface area (Å²) >= 11 is 1.77. The molecule has 0 fully saturated rings. The van der Waals surface area contributed by atoms with Gasteiger partial charge >= 0.3 is 0 Å². The van der Waals surface area contributed by atoms with Crippen LogP contribution in [0.4, 0.5) is 5.69 Å². The minimum atomic E-state index is -0.393. The van der Waals surface area contributed by atoms with Crippen molar-refractivity contribution in [1.29, 1.82) is 0 Å². The summed E-state index contributed by atoms with van der Waals surface area (Å²) in [7, 11) is 0. The van der Waals surface area contributed by atoms with E-state index >= 15 is 0 Å². The van der Waals surface area contributed by atoms with Gasteiger partial charge in [-0.3, -0.25) is 10.1 Å². The Hall–Kier alpha value is -1.81. The number of aliphatic imine (C=N–C) groups is 1. The molecule has 8 heteroatoms. The Kier molecular flexibility index (Phi) is 10.8. The number of non-ortho nitro benzene ring substituents is 1. The van der Waals surface area contributed by atoms with Crippen LogP contribution in [0.25, 0.3) is 0 Å². The van der Waals surface area contributed by atoms with Crippen LogP contribution in [0.3, 0.4) is 0 Å². The summed E-state index contributed by atoms with van der Waals surface area (Å²) in [5.41, 5.74) is 3.44.